The first-order chi connectivity index (χ1) is 7.24. The molecular formula is C11H19N3O. The van der Waals surface area contributed by atoms with E-state index in [0.29, 0.717) is 11.7 Å². The van der Waals surface area contributed by atoms with Crippen LogP contribution >= 0.6 is 0 Å². The molecule has 1 saturated carbocycles. The molecule has 1 aliphatic carbocycles. The molecule has 0 aromatic carbocycles. The summed E-state index contributed by atoms with van der Waals surface area (Å²) in [5, 5.41) is 4.01. The van der Waals surface area contributed by atoms with Crippen LogP contribution in [0.2, 0.25) is 0 Å². The summed E-state index contributed by atoms with van der Waals surface area (Å²) >= 11 is 0. The van der Waals surface area contributed by atoms with Crippen LogP contribution in [-0.2, 0) is 12.0 Å². The average Bonchev–Trinajstić information content (AvgIpc) is 2.63. The van der Waals surface area contributed by atoms with Gasteiger partial charge in [0, 0.05) is 6.42 Å². The summed E-state index contributed by atoms with van der Waals surface area (Å²) in [5.41, 5.74) is 6.02. The minimum atomic E-state index is -0.340. The fourth-order valence-electron chi connectivity index (χ4n) is 2.18. The summed E-state index contributed by atoms with van der Waals surface area (Å²) in [6, 6.07) is 0. The van der Waals surface area contributed by atoms with E-state index in [4.69, 9.17) is 10.3 Å². The number of hydrogen-bond acceptors (Lipinski definition) is 4. The van der Waals surface area contributed by atoms with Gasteiger partial charge in [-0.1, -0.05) is 37.8 Å². The molecule has 0 unspecified atom stereocenters. The summed E-state index contributed by atoms with van der Waals surface area (Å²) in [6.45, 7) is 2.01. The third-order valence-corrected chi connectivity index (χ3v) is 3.21. The van der Waals surface area contributed by atoms with Crippen molar-refractivity contribution in [2.45, 2.75) is 57.4 Å². The summed E-state index contributed by atoms with van der Waals surface area (Å²) in [4.78, 5) is 4.36. The molecule has 0 atom stereocenters. The Hall–Kier alpha value is -0.900. The molecule has 0 spiro atoms. The quantitative estimate of drug-likeness (QED) is 0.758. The zero-order valence-electron chi connectivity index (χ0n) is 9.33. The molecule has 0 saturated heterocycles. The Bertz CT molecular complexity index is 313. The number of nitrogens with zero attached hydrogens (tertiary/aromatic N) is 2. The van der Waals surface area contributed by atoms with E-state index in [-0.39, 0.29) is 5.54 Å². The zero-order valence-corrected chi connectivity index (χ0v) is 9.33. The topological polar surface area (TPSA) is 64.9 Å². The van der Waals surface area contributed by atoms with Gasteiger partial charge >= 0.3 is 0 Å². The van der Waals surface area contributed by atoms with Gasteiger partial charge in [-0.15, -0.1) is 0 Å². The highest BCUT2D eigenvalue weighted by molar-refractivity contribution is 5.04. The second-order valence-corrected chi connectivity index (χ2v) is 4.44. The lowest BCUT2D eigenvalue weighted by atomic mass is 9.91. The van der Waals surface area contributed by atoms with Gasteiger partial charge in [0.1, 0.15) is 0 Å². The van der Waals surface area contributed by atoms with Gasteiger partial charge in [-0.3, -0.25) is 0 Å². The number of aryl methyl sites for hydroxylation is 1. The lowest BCUT2D eigenvalue weighted by Gasteiger charge is -2.23. The summed E-state index contributed by atoms with van der Waals surface area (Å²) in [6.07, 6.45) is 7.64. The summed E-state index contributed by atoms with van der Waals surface area (Å²) in [7, 11) is 0. The maximum atomic E-state index is 6.36. The molecule has 1 fully saturated rings. The second kappa shape index (κ2) is 4.31. The van der Waals surface area contributed by atoms with Gasteiger partial charge in [-0.05, 0) is 12.8 Å². The molecule has 1 aliphatic rings. The highest BCUT2D eigenvalue weighted by Crippen LogP contribution is 2.31. The van der Waals surface area contributed by atoms with Crippen LogP contribution in [0, 0.1) is 0 Å². The van der Waals surface area contributed by atoms with Crippen molar-refractivity contribution < 1.29 is 4.52 Å². The van der Waals surface area contributed by atoms with Gasteiger partial charge in [0.25, 0.3) is 0 Å². The summed E-state index contributed by atoms with van der Waals surface area (Å²) in [5.74, 6) is 1.40. The molecule has 84 valence electrons. The molecule has 0 bridgehead atoms. The van der Waals surface area contributed by atoms with Gasteiger partial charge < -0.3 is 10.3 Å². The van der Waals surface area contributed by atoms with Crippen molar-refractivity contribution >= 4 is 0 Å². The minimum absolute atomic E-state index is 0.340. The lowest BCUT2D eigenvalue weighted by Crippen LogP contribution is -2.37. The number of nitrogens with two attached hydrogens (primary N) is 1. The molecule has 0 amide bonds. The molecular weight excluding hydrogens is 190 g/mol. The SMILES string of the molecule is CCc1nc(C2(N)CCCCCC2)no1. The Morgan fingerprint density at radius 2 is 1.93 bits per heavy atom. The van der Waals surface area contributed by atoms with Crippen molar-refractivity contribution in [3.63, 3.8) is 0 Å². The maximum Gasteiger partial charge on any atom is 0.226 e. The molecule has 1 aromatic heterocycles. The van der Waals surface area contributed by atoms with Gasteiger partial charge in [0.05, 0.1) is 5.54 Å². The highest BCUT2D eigenvalue weighted by atomic mass is 16.5. The molecule has 0 radical (unpaired) electrons. The Balaban J connectivity index is 2.18. The van der Waals surface area contributed by atoms with E-state index in [0.717, 1.165) is 19.3 Å². The minimum Gasteiger partial charge on any atom is -0.339 e. The van der Waals surface area contributed by atoms with Crippen molar-refractivity contribution in [2.75, 3.05) is 0 Å². The van der Waals surface area contributed by atoms with E-state index in [2.05, 4.69) is 10.1 Å². The van der Waals surface area contributed by atoms with Crippen LogP contribution in [0.5, 0.6) is 0 Å². The van der Waals surface area contributed by atoms with Crippen molar-refractivity contribution in [1.82, 2.24) is 10.1 Å². The first kappa shape index (κ1) is 10.6. The van der Waals surface area contributed by atoms with E-state index >= 15 is 0 Å². The van der Waals surface area contributed by atoms with E-state index in [1.54, 1.807) is 0 Å². The Morgan fingerprint density at radius 1 is 1.27 bits per heavy atom. The van der Waals surface area contributed by atoms with Crippen molar-refractivity contribution in [3.8, 4) is 0 Å². The molecule has 0 aliphatic heterocycles. The summed E-state index contributed by atoms with van der Waals surface area (Å²) < 4.78 is 5.13. The Labute approximate surface area is 90.2 Å². The maximum absolute atomic E-state index is 6.36. The van der Waals surface area contributed by atoms with Crippen molar-refractivity contribution in [2.24, 2.45) is 5.73 Å². The monoisotopic (exact) mass is 209 g/mol. The van der Waals surface area contributed by atoms with E-state index in [9.17, 15) is 0 Å². The Morgan fingerprint density at radius 3 is 2.47 bits per heavy atom. The van der Waals surface area contributed by atoms with Crippen molar-refractivity contribution in [1.29, 1.82) is 0 Å². The van der Waals surface area contributed by atoms with Crippen LogP contribution in [0.3, 0.4) is 0 Å². The fourth-order valence-corrected chi connectivity index (χ4v) is 2.18. The predicted molar refractivity (Wildman–Crippen MR) is 57.2 cm³/mol. The van der Waals surface area contributed by atoms with E-state index in [1.807, 2.05) is 6.92 Å². The normalized spacial score (nSPS) is 21.2. The van der Waals surface area contributed by atoms with Crippen molar-refractivity contribution in [3.05, 3.63) is 11.7 Å². The van der Waals surface area contributed by atoms with Crippen LogP contribution in [0.1, 0.15) is 57.2 Å². The molecule has 4 heteroatoms. The number of hydrogen-bond donors (Lipinski definition) is 1. The van der Waals surface area contributed by atoms with Gasteiger partial charge in [-0.25, -0.2) is 0 Å². The van der Waals surface area contributed by atoms with Crippen LogP contribution in [-0.4, -0.2) is 10.1 Å². The highest BCUT2D eigenvalue weighted by Gasteiger charge is 2.32. The predicted octanol–water partition coefficient (Wildman–Crippen LogP) is 2.14. The van der Waals surface area contributed by atoms with Gasteiger partial charge in [-0.2, -0.15) is 4.98 Å². The number of rotatable bonds is 2. The number of aromatic nitrogens is 2. The van der Waals surface area contributed by atoms with Crippen LogP contribution in [0.25, 0.3) is 0 Å². The fraction of sp³-hybridized carbons (Fsp3) is 0.818. The van der Waals surface area contributed by atoms with Gasteiger partial charge in [0.2, 0.25) is 5.89 Å². The van der Waals surface area contributed by atoms with E-state index < -0.39 is 0 Å². The molecule has 1 heterocycles. The molecule has 15 heavy (non-hydrogen) atoms. The first-order valence-electron chi connectivity index (χ1n) is 5.86. The average molecular weight is 209 g/mol. The third-order valence-electron chi connectivity index (χ3n) is 3.21. The first-order valence-corrected chi connectivity index (χ1v) is 5.86. The van der Waals surface area contributed by atoms with Crippen LogP contribution < -0.4 is 5.73 Å². The smallest absolute Gasteiger partial charge is 0.226 e. The molecule has 1 aromatic rings. The zero-order chi connectivity index (χ0) is 10.7. The molecule has 4 nitrogen and oxygen atoms in total. The molecule has 2 rings (SSSR count). The Kier molecular flexibility index (Phi) is 3.05. The second-order valence-electron chi connectivity index (χ2n) is 4.44. The van der Waals surface area contributed by atoms with Crippen LogP contribution in [0.15, 0.2) is 4.52 Å². The van der Waals surface area contributed by atoms with Crippen LogP contribution in [0.4, 0.5) is 0 Å². The standard InChI is InChI=1S/C11H19N3O/c1-2-9-13-10(14-15-9)11(12)7-5-3-4-6-8-11/h2-8,12H2,1H3. The lowest BCUT2D eigenvalue weighted by molar-refractivity contribution is 0.325. The van der Waals surface area contributed by atoms with Gasteiger partial charge in [0.15, 0.2) is 5.82 Å². The largest absolute Gasteiger partial charge is 0.339 e. The molecule has 2 N–H and O–H groups in total. The van der Waals surface area contributed by atoms with E-state index in [1.165, 1.54) is 25.7 Å². The third kappa shape index (κ3) is 2.20.